The molecule has 2 rings (SSSR count). The minimum Gasteiger partial charge on any atom is -0.506 e. The molecule has 1 amide bonds. The molecular formula is C11H11Br2N3O2. The second-order valence-corrected chi connectivity index (χ2v) is 5.60. The maximum absolute atomic E-state index is 11.7. The molecule has 1 unspecified atom stereocenters. The van der Waals surface area contributed by atoms with Crippen molar-refractivity contribution in [3.05, 3.63) is 32.3 Å². The van der Waals surface area contributed by atoms with Crippen molar-refractivity contribution in [2.24, 2.45) is 5.73 Å². The molecule has 1 heterocycles. The van der Waals surface area contributed by atoms with Crippen molar-refractivity contribution in [2.75, 3.05) is 7.05 Å². The van der Waals surface area contributed by atoms with Gasteiger partial charge in [0.25, 0.3) is 5.91 Å². The molecule has 0 spiro atoms. The molecule has 18 heavy (non-hydrogen) atoms. The van der Waals surface area contributed by atoms with Gasteiger partial charge in [-0.2, -0.15) is 0 Å². The van der Waals surface area contributed by atoms with Gasteiger partial charge in [0.05, 0.1) is 8.95 Å². The van der Waals surface area contributed by atoms with Crippen LogP contribution >= 0.6 is 31.9 Å². The highest BCUT2D eigenvalue weighted by Crippen LogP contribution is 2.34. The number of carbonyl (C=O) groups excluding carboxylic acids is 1. The van der Waals surface area contributed by atoms with Crippen LogP contribution in [0.1, 0.15) is 5.56 Å². The Morgan fingerprint density at radius 1 is 1.44 bits per heavy atom. The Hall–Kier alpha value is -1.05. The number of nitrogens with two attached hydrogens (primary N) is 1. The van der Waals surface area contributed by atoms with E-state index >= 15 is 0 Å². The maximum atomic E-state index is 11.7. The second kappa shape index (κ2) is 4.91. The normalized spacial score (nSPS) is 21.6. The monoisotopic (exact) mass is 375 g/mol. The lowest BCUT2D eigenvalue weighted by Crippen LogP contribution is -2.41. The zero-order valence-corrected chi connectivity index (χ0v) is 12.6. The van der Waals surface area contributed by atoms with Crippen LogP contribution in [0.2, 0.25) is 0 Å². The predicted octanol–water partition coefficient (Wildman–Crippen LogP) is 1.56. The SMILES string of the molecule is CN1/C(=C\c2cc(Br)c(O)c(Br)c2)C(=O)NC1N. The van der Waals surface area contributed by atoms with E-state index in [4.69, 9.17) is 5.73 Å². The van der Waals surface area contributed by atoms with Crippen LogP contribution in [-0.4, -0.2) is 29.3 Å². The van der Waals surface area contributed by atoms with Crippen molar-refractivity contribution >= 4 is 43.8 Å². The number of benzene rings is 1. The number of amides is 1. The van der Waals surface area contributed by atoms with E-state index in [1.165, 1.54) is 0 Å². The van der Waals surface area contributed by atoms with Gasteiger partial charge in [-0.3, -0.25) is 10.5 Å². The third-order valence-electron chi connectivity index (χ3n) is 2.65. The van der Waals surface area contributed by atoms with Crippen LogP contribution in [0.3, 0.4) is 0 Å². The molecule has 5 nitrogen and oxygen atoms in total. The molecule has 1 aromatic carbocycles. The summed E-state index contributed by atoms with van der Waals surface area (Å²) in [6.07, 6.45) is 1.20. The van der Waals surface area contributed by atoms with Crippen molar-refractivity contribution < 1.29 is 9.90 Å². The van der Waals surface area contributed by atoms with E-state index in [1.807, 2.05) is 0 Å². The first-order valence-electron chi connectivity index (χ1n) is 5.09. The molecule has 1 aliphatic rings. The highest BCUT2D eigenvalue weighted by molar-refractivity contribution is 9.11. The topological polar surface area (TPSA) is 78.6 Å². The van der Waals surface area contributed by atoms with Crippen LogP contribution in [0.4, 0.5) is 0 Å². The van der Waals surface area contributed by atoms with E-state index in [9.17, 15) is 9.90 Å². The number of nitrogens with one attached hydrogen (secondary N) is 1. The zero-order chi connectivity index (χ0) is 13.4. The van der Waals surface area contributed by atoms with E-state index in [-0.39, 0.29) is 11.7 Å². The Labute approximate surface area is 121 Å². The largest absolute Gasteiger partial charge is 0.506 e. The summed E-state index contributed by atoms with van der Waals surface area (Å²) in [6.45, 7) is 0. The highest BCUT2D eigenvalue weighted by Gasteiger charge is 2.28. The molecule has 1 aromatic rings. The lowest BCUT2D eigenvalue weighted by Gasteiger charge is -2.15. The van der Waals surface area contributed by atoms with Gasteiger partial charge in [0.2, 0.25) is 0 Å². The minimum atomic E-state index is -0.507. The predicted molar refractivity (Wildman–Crippen MR) is 75.4 cm³/mol. The first kappa shape index (κ1) is 13.4. The summed E-state index contributed by atoms with van der Waals surface area (Å²) in [5.74, 6) is -0.0941. The molecule has 0 aliphatic carbocycles. The molecule has 1 aliphatic heterocycles. The fraction of sp³-hybridized carbons (Fsp3) is 0.182. The number of hydrogen-bond acceptors (Lipinski definition) is 4. The van der Waals surface area contributed by atoms with Gasteiger partial charge in [0.1, 0.15) is 11.4 Å². The summed E-state index contributed by atoms with van der Waals surface area (Å²) >= 11 is 6.48. The number of phenols is 1. The molecule has 1 fully saturated rings. The number of rotatable bonds is 1. The van der Waals surface area contributed by atoms with Crippen molar-refractivity contribution in [3.63, 3.8) is 0 Å². The molecule has 0 radical (unpaired) electrons. The van der Waals surface area contributed by atoms with Crippen LogP contribution < -0.4 is 11.1 Å². The fourth-order valence-electron chi connectivity index (χ4n) is 1.61. The highest BCUT2D eigenvalue weighted by atomic mass is 79.9. The molecule has 7 heteroatoms. The van der Waals surface area contributed by atoms with Crippen LogP contribution in [0.25, 0.3) is 6.08 Å². The Morgan fingerprint density at radius 2 is 2.00 bits per heavy atom. The molecule has 0 aromatic heterocycles. The number of phenolic OH excluding ortho intramolecular Hbond substituents is 1. The standard InChI is InChI=1S/C11H11Br2N3O2/c1-16-8(10(18)15-11(16)14)4-5-2-6(12)9(17)7(13)3-5/h2-4,11,17H,14H2,1H3,(H,15,18)/b8-4-. The second-order valence-electron chi connectivity index (χ2n) is 3.89. The summed E-state index contributed by atoms with van der Waals surface area (Å²) in [5.41, 5.74) is 6.95. The molecule has 96 valence electrons. The summed E-state index contributed by atoms with van der Waals surface area (Å²) in [5, 5.41) is 12.2. The van der Waals surface area contributed by atoms with Crippen molar-refractivity contribution in [1.29, 1.82) is 0 Å². The van der Waals surface area contributed by atoms with E-state index in [1.54, 1.807) is 30.2 Å². The van der Waals surface area contributed by atoms with Gasteiger partial charge in [-0.15, -0.1) is 0 Å². The van der Waals surface area contributed by atoms with E-state index in [0.29, 0.717) is 14.6 Å². The minimum absolute atomic E-state index is 0.123. The number of hydrogen-bond donors (Lipinski definition) is 3. The number of halogens is 2. The third-order valence-corrected chi connectivity index (χ3v) is 3.86. The van der Waals surface area contributed by atoms with Crippen LogP contribution in [0, 0.1) is 0 Å². The van der Waals surface area contributed by atoms with Gasteiger partial charge in [0.15, 0.2) is 6.29 Å². The number of carbonyl (C=O) groups is 1. The Morgan fingerprint density at radius 3 is 2.44 bits per heavy atom. The van der Waals surface area contributed by atoms with Gasteiger partial charge in [-0.05, 0) is 55.6 Å². The third kappa shape index (κ3) is 2.38. The lowest BCUT2D eigenvalue weighted by atomic mass is 10.2. The summed E-state index contributed by atoms with van der Waals surface area (Å²) < 4.78 is 1.10. The van der Waals surface area contributed by atoms with Gasteiger partial charge in [-0.1, -0.05) is 0 Å². The van der Waals surface area contributed by atoms with Gasteiger partial charge < -0.3 is 15.3 Å². The van der Waals surface area contributed by atoms with E-state index < -0.39 is 6.29 Å². The van der Waals surface area contributed by atoms with E-state index in [2.05, 4.69) is 37.2 Å². The van der Waals surface area contributed by atoms with Crippen molar-refractivity contribution in [1.82, 2.24) is 10.2 Å². The summed E-state index contributed by atoms with van der Waals surface area (Å²) in [6, 6.07) is 3.44. The summed E-state index contributed by atoms with van der Waals surface area (Å²) in [4.78, 5) is 13.3. The fourth-order valence-corrected chi connectivity index (χ4v) is 2.83. The molecular weight excluding hydrogens is 366 g/mol. The average Bonchev–Trinajstić information content (AvgIpc) is 2.53. The van der Waals surface area contributed by atoms with Crippen LogP contribution in [-0.2, 0) is 4.79 Å². The number of nitrogens with zero attached hydrogens (tertiary/aromatic N) is 1. The Balaban J connectivity index is 2.42. The van der Waals surface area contributed by atoms with Crippen LogP contribution in [0.15, 0.2) is 26.8 Å². The maximum Gasteiger partial charge on any atom is 0.270 e. The Kier molecular flexibility index (Phi) is 3.65. The summed E-state index contributed by atoms with van der Waals surface area (Å²) in [7, 11) is 1.74. The quantitative estimate of drug-likeness (QED) is 0.650. The first-order valence-corrected chi connectivity index (χ1v) is 6.67. The van der Waals surface area contributed by atoms with Gasteiger partial charge in [-0.25, -0.2) is 0 Å². The molecule has 4 N–H and O–H groups in total. The molecule has 0 saturated carbocycles. The zero-order valence-electron chi connectivity index (χ0n) is 9.45. The van der Waals surface area contributed by atoms with Crippen LogP contribution in [0.5, 0.6) is 5.75 Å². The molecule has 1 saturated heterocycles. The smallest absolute Gasteiger partial charge is 0.270 e. The lowest BCUT2D eigenvalue weighted by molar-refractivity contribution is -0.116. The van der Waals surface area contributed by atoms with Crippen molar-refractivity contribution in [3.8, 4) is 5.75 Å². The van der Waals surface area contributed by atoms with Crippen molar-refractivity contribution in [2.45, 2.75) is 6.29 Å². The number of likely N-dealkylation sites (N-methyl/N-ethyl adjacent to an activating group) is 1. The van der Waals surface area contributed by atoms with Gasteiger partial charge >= 0.3 is 0 Å². The van der Waals surface area contributed by atoms with E-state index in [0.717, 1.165) is 5.56 Å². The molecule has 1 atom stereocenters. The van der Waals surface area contributed by atoms with Gasteiger partial charge in [0, 0.05) is 7.05 Å². The Bertz CT molecular complexity index is 522. The average molecular weight is 377 g/mol. The first-order chi connectivity index (χ1) is 8.40. The molecule has 0 bridgehead atoms. The number of aromatic hydroxyl groups is 1.